The standard InChI is InChI=1S/B.Ca.Mg.Si. The topological polar surface area (TPSA) is 0 Å². The Bertz CT molecular complexity index is 8.00. The summed E-state index contributed by atoms with van der Waals surface area (Å²) in [4.78, 5) is 0. The smallest absolute Gasteiger partial charge is 0 e. The zero-order valence-electron chi connectivity index (χ0n) is 2.49. The first kappa shape index (κ1) is 33.4. The van der Waals surface area contributed by atoms with Crippen molar-refractivity contribution in [3.05, 3.63) is 0 Å². The van der Waals surface area contributed by atoms with Crippen molar-refractivity contribution < 1.29 is 0 Å². The average molecular weight is 103 g/mol. The van der Waals surface area contributed by atoms with Gasteiger partial charge in [0.2, 0.25) is 0 Å². The summed E-state index contributed by atoms with van der Waals surface area (Å²) in [5, 5.41) is 0. The summed E-state index contributed by atoms with van der Waals surface area (Å²) < 4.78 is 0. The molecule has 11 radical (unpaired) electrons. The normalized spacial score (nSPS) is 0. The van der Waals surface area contributed by atoms with Crippen LogP contribution in [-0.4, -0.2) is 80.2 Å². The Hall–Kier alpha value is 2.31. The van der Waals surface area contributed by atoms with Crippen molar-refractivity contribution in [2.24, 2.45) is 0 Å². The summed E-state index contributed by atoms with van der Waals surface area (Å²) >= 11 is 0. The van der Waals surface area contributed by atoms with Crippen molar-refractivity contribution in [2.45, 2.75) is 0 Å². The minimum Gasteiger partial charge on any atom is 0 e. The molecule has 0 aromatic heterocycles. The monoisotopic (exact) mass is 103 g/mol. The molecule has 0 amide bonds. The minimum atomic E-state index is 0. The second-order valence-electron chi connectivity index (χ2n) is 0. The van der Waals surface area contributed by atoms with Gasteiger partial charge in [-0.3, -0.25) is 0 Å². The predicted molar refractivity (Wildman–Crippen MR) is 23.0 cm³/mol. The van der Waals surface area contributed by atoms with Gasteiger partial charge in [0.15, 0.2) is 0 Å². The molecule has 0 N–H and O–H groups in total. The van der Waals surface area contributed by atoms with Crippen LogP contribution in [0, 0.1) is 0 Å². The zero-order chi connectivity index (χ0) is 0. The Labute approximate surface area is 78.8 Å². The van der Waals surface area contributed by atoms with Crippen molar-refractivity contribution in [1.29, 1.82) is 0 Å². The van der Waals surface area contributed by atoms with E-state index in [1.807, 2.05) is 0 Å². The number of hydrogen-bond acceptors (Lipinski definition) is 0. The van der Waals surface area contributed by atoms with Crippen LogP contribution in [0.2, 0.25) is 0 Å². The van der Waals surface area contributed by atoms with Gasteiger partial charge in [-0.25, -0.2) is 0 Å². The Balaban J connectivity index is 0. The van der Waals surface area contributed by atoms with Gasteiger partial charge in [0, 0.05) is 80.2 Å². The number of rotatable bonds is 0. The minimum absolute atomic E-state index is 0. The molecule has 0 aliphatic rings. The molecule has 0 saturated heterocycles. The quantitative estimate of drug-likeness (QED) is 0.327. The average Bonchev–Trinajstić information content (AvgIpc) is 0. The molecule has 0 bridgehead atoms. The predicted octanol–water partition coefficient (Wildman–Crippen LogP) is -1.52. The fourth-order valence-corrected chi connectivity index (χ4v) is 0. The summed E-state index contributed by atoms with van der Waals surface area (Å²) in [5.41, 5.74) is 0. The molecule has 0 atom stereocenters. The molecule has 11 valence electrons. The van der Waals surface area contributed by atoms with Crippen molar-refractivity contribution in [3.63, 3.8) is 0 Å². The van der Waals surface area contributed by atoms with Gasteiger partial charge >= 0.3 is 0 Å². The van der Waals surface area contributed by atoms with Gasteiger partial charge in [0.05, 0.1) is 0 Å². The molecular formula is BCaMgSi. The van der Waals surface area contributed by atoms with Crippen LogP contribution >= 0.6 is 0 Å². The van der Waals surface area contributed by atoms with Crippen molar-refractivity contribution in [2.75, 3.05) is 0 Å². The fraction of sp³-hybridized carbons (Fsp3) is 0. The van der Waals surface area contributed by atoms with Gasteiger partial charge in [0.25, 0.3) is 0 Å². The molecule has 0 fully saturated rings. The SMILES string of the molecule is [B].[Ca].[Mg].[Si]. The van der Waals surface area contributed by atoms with Gasteiger partial charge in [-0.15, -0.1) is 0 Å². The van der Waals surface area contributed by atoms with Gasteiger partial charge in [0.1, 0.15) is 0 Å². The molecule has 0 aliphatic heterocycles. The zero-order valence-corrected chi connectivity index (χ0v) is 7.11. The second-order valence-corrected chi connectivity index (χ2v) is 0. The number of hydrogen-bond donors (Lipinski definition) is 0. The fourth-order valence-electron chi connectivity index (χ4n) is 0. The van der Waals surface area contributed by atoms with Gasteiger partial charge < -0.3 is 0 Å². The van der Waals surface area contributed by atoms with Crippen molar-refractivity contribution in [3.8, 4) is 0 Å². The Kier molecular flexibility index (Phi) is 154. The van der Waals surface area contributed by atoms with E-state index in [9.17, 15) is 0 Å². The van der Waals surface area contributed by atoms with Crippen LogP contribution in [0.15, 0.2) is 0 Å². The maximum Gasteiger partial charge on any atom is 0 e. The van der Waals surface area contributed by atoms with E-state index in [0.29, 0.717) is 0 Å². The van der Waals surface area contributed by atoms with Gasteiger partial charge in [-0.1, -0.05) is 0 Å². The van der Waals surface area contributed by atoms with Gasteiger partial charge in [-0.05, 0) is 0 Å². The van der Waals surface area contributed by atoms with Crippen LogP contribution < -0.4 is 0 Å². The van der Waals surface area contributed by atoms with E-state index in [0.717, 1.165) is 0 Å². The van der Waals surface area contributed by atoms with E-state index in [1.54, 1.807) is 0 Å². The molecule has 0 spiro atoms. The molecule has 4 heavy (non-hydrogen) atoms. The molecular weight excluding hydrogens is 103 g/mol. The summed E-state index contributed by atoms with van der Waals surface area (Å²) in [5.74, 6) is 0. The molecule has 0 nitrogen and oxygen atoms in total. The summed E-state index contributed by atoms with van der Waals surface area (Å²) in [7, 11) is 0. The van der Waals surface area contributed by atoms with Crippen LogP contribution in [-0.2, 0) is 0 Å². The first-order valence-corrected chi connectivity index (χ1v) is 0. The Morgan fingerprint density at radius 1 is 1.00 bits per heavy atom. The Morgan fingerprint density at radius 2 is 1.00 bits per heavy atom. The summed E-state index contributed by atoms with van der Waals surface area (Å²) in [6.07, 6.45) is 0. The maximum absolute atomic E-state index is 0. The maximum atomic E-state index is 0. The van der Waals surface area contributed by atoms with Gasteiger partial charge in [-0.2, -0.15) is 0 Å². The first-order valence-electron chi connectivity index (χ1n) is 0. The van der Waals surface area contributed by atoms with E-state index in [4.69, 9.17) is 0 Å². The van der Waals surface area contributed by atoms with E-state index >= 15 is 0 Å². The molecule has 0 aromatic carbocycles. The van der Waals surface area contributed by atoms with Crippen LogP contribution in [0.25, 0.3) is 0 Å². The third kappa shape index (κ3) is 8.85. The van der Waals surface area contributed by atoms with Crippen LogP contribution in [0.5, 0.6) is 0 Å². The van der Waals surface area contributed by atoms with E-state index < -0.39 is 0 Å². The van der Waals surface area contributed by atoms with Crippen LogP contribution in [0.3, 0.4) is 0 Å². The van der Waals surface area contributed by atoms with Crippen LogP contribution in [0.4, 0.5) is 0 Å². The molecule has 0 rings (SSSR count). The molecule has 4 heteroatoms. The third-order valence-electron chi connectivity index (χ3n) is 0. The van der Waals surface area contributed by atoms with Crippen molar-refractivity contribution in [1.82, 2.24) is 0 Å². The second kappa shape index (κ2) is 18.5. The van der Waals surface area contributed by atoms with E-state index in [1.165, 1.54) is 0 Å². The molecule has 0 unspecified atom stereocenters. The summed E-state index contributed by atoms with van der Waals surface area (Å²) in [6.45, 7) is 0. The first-order chi connectivity index (χ1) is 0. The third-order valence-corrected chi connectivity index (χ3v) is 0. The molecule has 0 saturated carbocycles. The summed E-state index contributed by atoms with van der Waals surface area (Å²) in [6, 6.07) is 0. The van der Waals surface area contributed by atoms with Crippen LogP contribution in [0.1, 0.15) is 0 Å². The van der Waals surface area contributed by atoms with Crippen molar-refractivity contribution >= 4 is 80.2 Å². The molecule has 0 aliphatic carbocycles. The van der Waals surface area contributed by atoms with E-state index in [2.05, 4.69) is 0 Å². The Morgan fingerprint density at radius 3 is 1.00 bits per heavy atom. The largest absolute Gasteiger partial charge is 0 e. The molecule has 0 aromatic rings. The molecule has 0 heterocycles. The van der Waals surface area contributed by atoms with E-state index in [-0.39, 0.29) is 80.2 Å².